The molecule has 0 N–H and O–H groups in total. The van der Waals surface area contributed by atoms with Gasteiger partial charge < -0.3 is 0 Å². The zero-order valence-corrected chi connectivity index (χ0v) is 12.2. The van der Waals surface area contributed by atoms with Crippen molar-refractivity contribution in [2.75, 3.05) is 6.54 Å². The van der Waals surface area contributed by atoms with Gasteiger partial charge in [0.1, 0.15) is 0 Å². The maximum atomic E-state index is 9.02. The summed E-state index contributed by atoms with van der Waals surface area (Å²) in [6.45, 7) is 3.00. The Balaban J connectivity index is 1.70. The van der Waals surface area contributed by atoms with Crippen LogP contribution in [0, 0.1) is 11.3 Å². The fraction of sp³-hybridized carbons (Fsp3) is 0.412. The standard InChI is InChI=1S/C17H20N4/c18-12-15-5-3-6-16(11-15)13-20-9-2-1-7-17(20)14-21-10-4-8-19-21/h3-6,8,10-11,17H,1-2,7,9,13-14H2/t17-/m1/s1. The minimum absolute atomic E-state index is 0.532. The fourth-order valence-electron chi connectivity index (χ4n) is 3.07. The van der Waals surface area contributed by atoms with Crippen molar-refractivity contribution >= 4 is 0 Å². The molecule has 0 bridgehead atoms. The van der Waals surface area contributed by atoms with Crippen molar-refractivity contribution in [2.24, 2.45) is 0 Å². The minimum Gasteiger partial charge on any atom is -0.294 e. The fourth-order valence-corrected chi connectivity index (χ4v) is 3.07. The highest BCUT2D eigenvalue weighted by molar-refractivity contribution is 5.32. The molecule has 2 aromatic rings. The summed E-state index contributed by atoms with van der Waals surface area (Å²) in [6.07, 6.45) is 7.64. The number of hydrogen-bond donors (Lipinski definition) is 0. The molecule has 1 atom stereocenters. The lowest BCUT2D eigenvalue weighted by molar-refractivity contribution is 0.122. The normalized spacial score (nSPS) is 19.3. The molecule has 1 fully saturated rings. The van der Waals surface area contributed by atoms with Crippen LogP contribution in [0.4, 0.5) is 0 Å². The maximum Gasteiger partial charge on any atom is 0.0991 e. The van der Waals surface area contributed by atoms with Gasteiger partial charge in [0.15, 0.2) is 0 Å². The van der Waals surface area contributed by atoms with Crippen LogP contribution in [0.5, 0.6) is 0 Å². The van der Waals surface area contributed by atoms with Crippen LogP contribution in [0.15, 0.2) is 42.7 Å². The molecule has 0 amide bonds. The smallest absolute Gasteiger partial charge is 0.0991 e. The van der Waals surface area contributed by atoms with Crippen molar-refractivity contribution in [3.63, 3.8) is 0 Å². The van der Waals surface area contributed by atoms with Crippen molar-refractivity contribution in [2.45, 2.75) is 38.4 Å². The van der Waals surface area contributed by atoms with Crippen molar-refractivity contribution in [1.82, 2.24) is 14.7 Å². The largest absolute Gasteiger partial charge is 0.294 e. The van der Waals surface area contributed by atoms with Crippen molar-refractivity contribution < 1.29 is 0 Å². The van der Waals surface area contributed by atoms with Gasteiger partial charge in [0.05, 0.1) is 18.2 Å². The number of hydrogen-bond acceptors (Lipinski definition) is 3. The zero-order valence-electron chi connectivity index (χ0n) is 12.2. The minimum atomic E-state index is 0.532. The number of piperidine rings is 1. The van der Waals surface area contributed by atoms with Gasteiger partial charge in [-0.15, -0.1) is 0 Å². The van der Waals surface area contributed by atoms with Crippen LogP contribution in [0.1, 0.15) is 30.4 Å². The number of benzene rings is 1. The van der Waals surface area contributed by atoms with Crippen LogP contribution in [-0.2, 0) is 13.1 Å². The Labute approximate surface area is 125 Å². The summed E-state index contributed by atoms with van der Waals surface area (Å²) in [4.78, 5) is 2.53. The van der Waals surface area contributed by atoms with Gasteiger partial charge in [0, 0.05) is 25.0 Å². The van der Waals surface area contributed by atoms with E-state index in [1.54, 1.807) is 0 Å². The van der Waals surface area contributed by atoms with Crippen LogP contribution in [0.2, 0.25) is 0 Å². The van der Waals surface area contributed by atoms with E-state index < -0.39 is 0 Å². The summed E-state index contributed by atoms with van der Waals surface area (Å²) in [7, 11) is 0. The third-order valence-corrected chi connectivity index (χ3v) is 4.15. The molecule has 0 spiro atoms. The molecule has 2 heterocycles. The molecule has 0 aliphatic carbocycles. The lowest BCUT2D eigenvalue weighted by atomic mass is 10.0. The Kier molecular flexibility index (Phi) is 4.32. The zero-order chi connectivity index (χ0) is 14.5. The second kappa shape index (κ2) is 6.55. The molecular weight excluding hydrogens is 260 g/mol. The van der Waals surface area contributed by atoms with Gasteiger partial charge in [0.2, 0.25) is 0 Å². The first-order valence-corrected chi connectivity index (χ1v) is 7.55. The molecule has 1 aromatic carbocycles. The Morgan fingerprint density at radius 2 is 2.24 bits per heavy atom. The number of nitriles is 1. The number of aromatic nitrogens is 2. The van der Waals surface area contributed by atoms with Gasteiger partial charge in [-0.25, -0.2) is 0 Å². The molecule has 0 unspecified atom stereocenters. The Morgan fingerprint density at radius 3 is 3.05 bits per heavy atom. The molecule has 1 aromatic heterocycles. The first kappa shape index (κ1) is 13.8. The highest BCUT2D eigenvalue weighted by atomic mass is 15.3. The second-order valence-corrected chi connectivity index (χ2v) is 5.66. The van der Waals surface area contributed by atoms with E-state index in [0.29, 0.717) is 6.04 Å². The van der Waals surface area contributed by atoms with E-state index in [0.717, 1.165) is 25.2 Å². The number of nitrogens with zero attached hydrogens (tertiary/aromatic N) is 4. The Bertz CT molecular complexity index is 612. The van der Waals surface area contributed by atoms with Crippen molar-refractivity contribution in [3.05, 3.63) is 53.9 Å². The molecule has 4 nitrogen and oxygen atoms in total. The molecule has 0 radical (unpaired) electrons. The molecule has 1 saturated heterocycles. The summed E-state index contributed by atoms with van der Waals surface area (Å²) in [5.41, 5.74) is 1.97. The number of rotatable bonds is 4. The van der Waals surface area contributed by atoms with Crippen LogP contribution < -0.4 is 0 Å². The van der Waals surface area contributed by atoms with Gasteiger partial charge in [-0.1, -0.05) is 18.6 Å². The summed E-state index contributed by atoms with van der Waals surface area (Å²) in [5, 5.41) is 13.3. The van der Waals surface area contributed by atoms with Crippen LogP contribution >= 0.6 is 0 Å². The SMILES string of the molecule is N#Cc1cccc(CN2CCCC[C@@H]2Cn2cccn2)c1. The first-order chi connectivity index (χ1) is 10.3. The van der Waals surface area contributed by atoms with Gasteiger partial charge in [0.25, 0.3) is 0 Å². The average Bonchev–Trinajstić information content (AvgIpc) is 3.02. The van der Waals surface area contributed by atoms with E-state index in [4.69, 9.17) is 5.26 Å². The first-order valence-electron chi connectivity index (χ1n) is 7.55. The molecule has 4 heteroatoms. The van der Waals surface area contributed by atoms with Crippen LogP contribution in [-0.4, -0.2) is 27.3 Å². The van der Waals surface area contributed by atoms with Gasteiger partial charge in [-0.05, 0) is 43.1 Å². The average molecular weight is 280 g/mol. The molecule has 3 rings (SSSR count). The quantitative estimate of drug-likeness (QED) is 0.865. The second-order valence-electron chi connectivity index (χ2n) is 5.66. The lowest BCUT2D eigenvalue weighted by Gasteiger charge is -2.35. The predicted octanol–water partition coefficient (Wildman–Crippen LogP) is 2.81. The van der Waals surface area contributed by atoms with E-state index in [-0.39, 0.29) is 0 Å². The van der Waals surface area contributed by atoms with Crippen LogP contribution in [0.3, 0.4) is 0 Å². The maximum absolute atomic E-state index is 9.02. The highest BCUT2D eigenvalue weighted by Gasteiger charge is 2.22. The number of likely N-dealkylation sites (tertiary alicyclic amines) is 1. The predicted molar refractivity (Wildman–Crippen MR) is 81.4 cm³/mol. The lowest BCUT2D eigenvalue weighted by Crippen LogP contribution is -2.41. The molecule has 108 valence electrons. The van der Waals surface area contributed by atoms with E-state index in [1.807, 2.05) is 41.3 Å². The Hall–Kier alpha value is -2.12. The van der Waals surface area contributed by atoms with Crippen molar-refractivity contribution in [1.29, 1.82) is 5.26 Å². The Morgan fingerprint density at radius 1 is 1.29 bits per heavy atom. The third-order valence-electron chi connectivity index (χ3n) is 4.15. The van der Waals surface area contributed by atoms with E-state index in [2.05, 4.69) is 22.1 Å². The van der Waals surface area contributed by atoms with Gasteiger partial charge in [-0.3, -0.25) is 9.58 Å². The summed E-state index contributed by atoms with van der Waals surface area (Å²) in [6, 6.07) is 12.7. The topological polar surface area (TPSA) is 44.9 Å². The molecular formula is C17H20N4. The summed E-state index contributed by atoms with van der Waals surface area (Å²) < 4.78 is 2.02. The monoisotopic (exact) mass is 280 g/mol. The van der Waals surface area contributed by atoms with Gasteiger partial charge >= 0.3 is 0 Å². The molecule has 1 aliphatic heterocycles. The molecule has 0 saturated carbocycles. The summed E-state index contributed by atoms with van der Waals surface area (Å²) >= 11 is 0. The van der Waals surface area contributed by atoms with Crippen molar-refractivity contribution in [3.8, 4) is 6.07 Å². The van der Waals surface area contributed by atoms with E-state index in [1.165, 1.54) is 24.8 Å². The molecule has 1 aliphatic rings. The van der Waals surface area contributed by atoms with E-state index in [9.17, 15) is 0 Å². The highest BCUT2D eigenvalue weighted by Crippen LogP contribution is 2.21. The summed E-state index contributed by atoms with van der Waals surface area (Å²) in [5.74, 6) is 0. The van der Waals surface area contributed by atoms with E-state index >= 15 is 0 Å². The van der Waals surface area contributed by atoms with Crippen LogP contribution in [0.25, 0.3) is 0 Å². The molecule has 21 heavy (non-hydrogen) atoms. The van der Waals surface area contributed by atoms with Gasteiger partial charge in [-0.2, -0.15) is 10.4 Å². The third kappa shape index (κ3) is 3.50.